The van der Waals surface area contributed by atoms with Crippen molar-refractivity contribution in [3.63, 3.8) is 0 Å². The molecule has 1 amide bonds. The van der Waals surface area contributed by atoms with Crippen LogP contribution in [0, 0.1) is 0 Å². The summed E-state index contributed by atoms with van der Waals surface area (Å²) in [6.07, 6.45) is 3.62. The van der Waals surface area contributed by atoms with Crippen molar-refractivity contribution in [3.8, 4) is 17.0 Å². The van der Waals surface area contributed by atoms with Crippen LogP contribution >= 0.6 is 0 Å². The number of nitrogens with zero attached hydrogens (tertiary/aromatic N) is 5. The first-order chi connectivity index (χ1) is 12.7. The Morgan fingerprint density at radius 3 is 2.69 bits per heavy atom. The van der Waals surface area contributed by atoms with Gasteiger partial charge in [0, 0.05) is 51.1 Å². The van der Waals surface area contributed by atoms with Gasteiger partial charge in [0.2, 0.25) is 5.91 Å². The Hall–Kier alpha value is -3.09. The van der Waals surface area contributed by atoms with Crippen LogP contribution < -0.4 is 9.64 Å². The van der Waals surface area contributed by atoms with Crippen molar-refractivity contribution in [2.75, 3.05) is 38.2 Å². The maximum Gasteiger partial charge on any atom is 0.219 e. The molecule has 0 saturated carbocycles. The average Bonchev–Trinajstić information content (AvgIpc) is 3.12. The molecule has 1 aromatic carbocycles. The third kappa shape index (κ3) is 2.96. The molecule has 0 spiro atoms. The van der Waals surface area contributed by atoms with Gasteiger partial charge in [-0.25, -0.2) is 9.50 Å². The molecular weight excluding hydrogens is 330 g/mol. The van der Waals surface area contributed by atoms with Crippen LogP contribution in [0.25, 0.3) is 16.8 Å². The molecule has 0 atom stereocenters. The van der Waals surface area contributed by atoms with Gasteiger partial charge in [0.25, 0.3) is 0 Å². The number of piperazine rings is 1. The molecule has 1 saturated heterocycles. The molecule has 26 heavy (non-hydrogen) atoms. The van der Waals surface area contributed by atoms with E-state index in [1.54, 1.807) is 20.2 Å². The lowest BCUT2D eigenvalue weighted by molar-refractivity contribution is -0.129. The van der Waals surface area contributed by atoms with E-state index in [9.17, 15) is 4.79 Å². The first kappa shape index (κ1) is 16.4. The quantitative estimate of drug-likeness (QED) is 0.723. The fourth-order valence-corrected chi connectivity index (χ4v) is 3.31. The predicted molar refractivity (Wildman–Crippen MR) is 99.4 cm³/mol. The highest BCUT2D eigenvalue weighted by Gasteiger charge is 2.22. The number of fused-ring (bicyclic) bond motifs is 1. The van der Waals surface area contributed by atoms with Crippen molar-refractivity contribution in [2.24, 2.45) is 0 Å². The fourth-order valence-electron chi connectivity index (χ4n) is 3.31. The molecule has 134 valence electrons. The van der Waals surface area contributed by atoms with Crippen LogP contribution in [0.15, 0.2) is 42.7 Å². The second-order valence-electron chi connectivity index (χ2n) is 6.34. The Kier molecular flexibility index (Phi) is 4.20. The molecule has 2 aromatic heterocycles. The van der Waals surface area contributed by atoms with Crippen molar-refractivity contribution in [1.29, 1.82) is 0 Å². The predicted octanol–water partition coefficient (Wildman–Crippen LogP) is 2.07. The van der Waals surface area contributed by atoms with Gasteiger partial charge in [-0.3, -0.25) is 4.79 Å². The first-order valence-corrected chi connectivity index (χ1v) is 8.65. The molecule has 1 aliphatic rings. The second-order valence-corrected chi connectivity index (χ2v) is 6.34. The van der Waals surface area contributed by atoms with Crippen molar-refractivity contribution >= 4 is 17.2 Å². The second kappa shape index (κ2) is 6.67. The van der Waals surface area contributed by atoms with Crippen LogP contribution in [-0.4, -0.2) is 58.7 Å². The number of rotatable bonds is 3. The number of hydrogen-bond donors (Lipinski definition) is 0. The summed E-state index contributed by atoms with van der Waals surface area (Å²) in [5.41, 5.74) is 2.84. The lowest BCUT2D eigenvalue weighted by Crippen LogP contribution is -2.48. The minimum Gasteiger partial charge on any atom is -0.497 e. The van der Waals surface area contributed by atoms with Crippen molar-refractivity contribution in [3.05, 3.63) is 42.7 Å². The summed E-state index contributed by atoms with van der Waals surface area (Å²) in [4.78, 5) is 20.2. The number of methoxy groups -OCH3 is 1. The molecule has 7 heteroatoms. The monoisotopic (exact) mass is 351 g/mol. The summed E-state index contributed by atoms with van der Waals surface area (Å²) in [6, 6.07) is 9.91. The number of anilines is 1. The maximum absolute atomic E-state index is 11.5. The highest BCUT2D eigenvalue weighted by Crippen LogP contribution is 2.27. The topological polar surface area (TPSA) is 63.0 Å². The van der Waals surface area contributed by atoms with E-state index in [4.69, 9.17) is 4.74 Å². The number of aromatic nitrogens is 3. The highest BCUT2D eigenvalue weighted by molar-refractivity contribution is 5.76. The first-order valence-electron chi connectivity index (χ1n) is 8.65. The summed E-state index contributed by atoms with van der Waals surface area (Å²) in [7, 11) is 1.66. The van der Waals surface area contributed by atoms with Gasteiger partial charge in [0.05, 0.1) is 12.8 Å². The van der Waals surface area contributed by atoms with Crippen molar-refractivity contribution in [1.82, 2.24) is 19.5 Å². The maximum atomic E-state index is 11.5. The summed E-state index contributed by atoms with van der Waals surface area (Å²) < 4.78 is 7.17. The van der Waals surface area contributed by atoms with Gasteiger partial charge in [0.1, 0.15) is 11.3 Å². The van der Waals surface area contributed by atoms with Crippen LogP contribution in [0.5, 0.6) is 5.75 Å². The number of ether oxygens (including phenoxy) is 1. The molecule has 0 bridgehead atoms. The molecule has 3 heterocycles. The third-order valence-electron chi connectivity index (χ3n) is 4.76. The summed E-state index contributed by atoms with van der Waals surface area (Å²) in [5.74, 6) is 1.83. The largest absolute Gasteiger partial charge is 0.497 e. The van der Waals surface area contributed by atoms with E-state index in [2.05, 4.69) is 21.0 Å². The van der Waals surface area contributed by atoms with Gasteiger partial charge in [-0.2, -0.15) is 5.10 Å². The van der Waals surface area contributed by atoms with Crippen LogP contribution in [0.4, 0.5) is 5.82 Å². The normalized spacial score (nSPS) is 14.7. The molecule has 0 aliphatic carbocycles. The van der Waals surface area contributed by atoms with Crippen molar-refractivity contribution in [2.45, 2.75) is 6.92 Å². The number of benzene rings is 1. The minimum absolute atomic E-state index is 0.125. The van der Waals surface area contributed by atoms with E-state index in [0.29, 0.717) is 0 Å². The van der Waals surface area contributed by atoms with Gasteiger partial charge in [-0.15, -0.1) is 0 Å². The van der Waals surface area contributed by atoms with E-state index < -0.39 is 0 Å². The minimum atomic E-state index is 0.125. The van der Waals surface area contributed by atoms with Gasteiger partial charge >= 0.3 is 0 Å². The number of carbonyl (C=O) groups is 1. The Labute approximate surface area is 151 Å². The van der Waals surface area contributed by atoms with E-state index in [1.807, 2.05) is 39.9 Å². The average molecular weight is 351 g/mol. The smallest absolute Gasteiger partial charge is 0.219 e. The molecule has 4 rings (SSSR count). The van der Waals surface area contributed by atoms with Crippen LogP contribution in [0.3, 0.4) is 0 Å². The van der Waals surface area contributed by atoms with Crippen molar-refractivity contribution < 1.29 is 9.53 Å². The van der Waals surface area contributed by atoms with Gasteiger partial charge in [0.15, 0.2) is 5.82 Å². The van der Waals surface area contributed by atoms with E-state index >= 15 is 0 Å². The number of amides is 1. The summed E-state index contributed by atoms with van der Waals surface area (Å²) in [5, 5.41) is 4.69. The molecule has 3 aromatic rings. The zero-order chi connectivity index (χ0) is 18.1. The highest BCUT2D eigenvalue weighted by atomic mass is 16.5. The molecule has 1 fully saturated rings. The zero-order valence-corrected chi connectivity index (χ0v) is 14.9. The van der Waals surface area contributed by atoms with E-state index in [-0.39, 0.29) is 5.91 Å². The molecule has 0 unspecified atom stereocenters. The van der Waals surface area contributed by atoms with Crippen LogP contribution in [0.2, 0.25) is 0 Å². The molecule has 0 N–H and O–H groups in total. The standard InChI is InChI=1S/C19H21N5O2/c1-14(25)22-8-10-23(11-9-22)19-18-13-17(21-24(18)7-6-20-19)15-4-3-5-16(12-15)26-2/h3-7,12-13H,8-11H2,1-2H3. The zero-order valence-electron chi connectivity index (χ0n) is 14.9. The Morgan fingerprint density at radius 2 is 1.96 bits per heavy atom. The molecule has 7 nitrogen and oxygen atoms in total. The molecular formula is C19H21N5O2. The molecule has 1 aliphatic heterocycles. The van der Waals surface area contributed by atoms with Crippen LogP contribution in [0.1, 0.15) is 6.92 Å². The van der Waals surface area contributed by atoms with E-state index in [1.165, 1.54) is 0 Å². The lowest BCUT2D eigenvalue weighted by Gasteiger charge is -2.35. The Morgan fingerprint density at radius 1 is 1.15 bits per heavy atom. The van der Waals surface area contributed by atoms with Gasteiger partial charge < -0.3 is 14.5 Å². The number of carbonyl (C=O) groups excluding carboxylic acids is 1. The summed E-state index contributed by atoms with van der Waals surface area (Å²) in [6.45, 7) is 4.59. The van der Waals surface area contributed by atoms with Gasteiger partial charge in [-0.05, 0) is 18.2 Å². The SMILES string of the molecule is COc1cccc(-c2cc3c(N4CCN(C(C)=O)CC4)nccn3n2)c1. The lowest BCUT2D eigenvalue weighted by atomic mass is 10.1. The fraction of sp³-hybridized carbons (Fsp3) is 0.316. The Bertz CT molecular complexity index is 944. The summed E-state index contributed by atoms with van der Waals surface area (Å²) >= 11 is 0. The Balaban J connectivity index is 1.67. The molecule has 0 radical (unpaired) electrons. The van der Waals surface area contributed by atoms with Gasteiger partial charge in [-0.1, -0.05) is 12.1 Å². The third-order valence-corrected chi connectivity index (χ3v) is 4.76. The number of hydrogen-bond acceptors (Lipinski definition) is 5. The van der Waals surface area contributed by atoms with Crippen LogP contribution in [-0.2, 0) is 4.79 Å². The van der Waals surface area contributed by atoms with E-state index in [0.717, 1.165) is 54.5 Å².